The third-order valence-electron chi connectivity index (χ3n) is 3.58. The van der Waals surface area contributed by atoms with Crippen LogP contribution in [0.3, 0.4) is 0 Å². The van der Waals surface area contributed by atoms with Gasteiger partial charge in [-0.1, -0.05) is 24.6 Å². The summed E-state index contributed by atoms with van der Waals surface area (Å²) in [6, 6.07) is 4.89. The topological polar surface area (TPSA) is 58.2 Å². The van der Waals surface area contributed by atoms with Crippen LogP contribution < -0.4 is 10.0 Å². The van der Waals surface area contributed by atoms with Crippen LogP contribution in [0, 0.1) is 5.41 Å². The van der Waals surface area contributed by atoms with Crippen LogP contribution in [0.25, 0.3) is 0 Å². The highest BCUT2D eigenvalue weighted by Crippen LogP contribution is 2.30. The molecule has 1 atom stereocenters. The maximum absolute atomic E-state index is 12.4. The molecule has 0 radical (unpaired) electrons. The molecule has 0 aliphatic carbocycles. The van der Waals surface area contributed by atoms with Crippen molar-refractivity contribution < 1.29 is 8.42 Å². The molecule has 1 aromatic rings. The predicted octanol–water partition coefficient (Wildman–Crippen LogP) is 2.77. The first-order chi connectivity index (χ1) is 9.34. The lowest BCUT2D eigenvalue weighted by molar-refractivity contribution is 0.238. The summed E-state index contributed by atoms with van der Waals surface area (Å²) >= 11 is 9.30. The van der Waals surface area contributed by atoms with E-state index in [1.807, 2.05) is 0 Å². The van der Waals surface area contributed by atoms with Crippen LogP contribution in [0.4, 0.5) is 0 Å². The summed E-state index contributed by atoms with van der Waals surface area (Å²) in [6.45, 7) is 4.32. The van der Waals surface area contributed by atoms with Gasteiger partial charge in [-0.2, -0.15) is 0 Å². The number of halogens is 2. The van der Waals surface area contributed by atoms with E-state index in [0.717, 1.165) is 25.9 Å². The van der Waals surface area contributed by atoms with Crippen LogP contribution in [0.2, 0.25) is 5.02 Å². The summed E-state index contributed by atoms with van der Waals surface area (Å²) in [5, 5.41) is 3.52. The molecule has 2 N–H and O–H groups in total. The van der Waals surface area contributed by atoms with Crippen molar-refractivity contribution in [2.45, 2.75) is 24.7 Å². The number of hydrogen-bond acceptors (Lipinski definition) is 3. The Bertz CT molecular complexity index is 586. The Hall–Kier alpha value is -0.140. The van der Waals surface area contributed by atoms with Crippen LogP contribution in [0.15, 0.2) is 27.6 Å². The van der Waals surface area contributed by atoms with Gasteiger partial charge < -0.3 is 5.32 Å². The lowest BCUT2D eigenvalue weighted by Crippen LogP contribution is -2.45. The number of benzene rings is 1. The fraction of sp³-hybridized carbons (Fsp3) is 0.538. The van der Waals surface area contributed by atoms with Crippen LogP contribution in [-0.4, -0.2) is 28.1 Å². The zero-order valence-corrected chi connectivity index (χ0v) is 14.4. The number of rotatable bonds is 4. The maximum Gasteiger partial charge on any atom is 0.242 e. The van der Waals surface area contributed by atoms with Gasteiger partial charge in [-0.3, -0.25) is 0 Å². The minimum absolute atomic E-state index is 0.0518. The summed E-state index contributed by atoms with van der Waals surface area (Å²) in [6.07, 6.45) is 2.07. The van der Waals surface area contributed by atoms with Gasteiger partial charge >= 0.3 is 0 Å². The second kappa shape index (κ2) is 6.32. The smallest absolute Gasteiger partial charge is 0.242 e. The fourth-order valence-electron chi connectivity index (χ4n) is 2.31. The van der Waals surface area contributed by atoms with Crippen LogP contribution in [0.5, 0.6) is 0 Å². The van der Waals surface area contributed by atoms with Gasteiger partial charge in [-0.05, 0) is 52.9 Å². The van der Waals surface area contributed by atoms with Crippen molar-refractivity contribution in [3.8, 4) is 0 Å². The van der Waals surface area contributed by atoms with E-state index in [1.165, 1.54) is 6.07 Å². The molecular weight excluding hydrogens is 364 g/mol. The van der Waals surface area contributed by atoms with Crippen molar-refractivity contribution in [3.05, 3.63) is 27.7 Å². The average molecular weight is 382 g/mol. The number of hydrogen-bond donors (Lipinski definition) is 2. The van der Waals surface area contributed by atoms with Gasteiger partial charge in [-0.25, -0.2) is 13.1 Å². The molecule has 1 aromatic carbocycles. The van der Waals surface area contributed by atoms with Gasteiger partial charge in [0.05, 0.1) is 5.02 Å². The SMILES string of the molecule is CC1(CNS(=O)(=O)c2cccc(Br)c2Cl)CCCNC1. The predicted molar refractivity (Wildman–Crippen MR) is 84.6 cm³/mol. The van der Waals surface area contributed by atoms with Gasteiger partial charge in [0.1, 0.15) is 4.90 Å². The van der Waals surface area contributed by atoms with Crippen molar-refractivity contribution in [1.82, 2.24) is 10.0 Å². The van der Waals surface area contributed by atoms with Crippen molar-refractivity contribution in [2.24, 2.45) is 5.41 Å². The van der Waals surface area contributed by atoms with Gasteiger partial charge in [0.2, 0.25) is 10.0 Å². The van der Waals surface area contributed by atoms with Gasteiger partial charge in [0, 0.05) is 17.6 Å². The highest BCUT2D eigenvalue weighted by molar-refractivity contribution is 9.10. The largest absolute Gasteiger partial charge is 0.316 e. The first-order valence-corrected chi connectivity index (χ1v) is 9.14. The van der Waals surface area contributed by atoms with Crippen LogP contribution >= 0.6 is 27.5 Å². The zero-order valence-electron chi connectivity index (χ0n) is 11.2. The van der Waals surface area contributed by atoms with Gasteiger partial charge in [0.15, 0.2) is 0 Å². The second-order valence-electron chi connectivity index (χ2n) is 5.47. The van der Waals surface area contributed by atoms with Crippen molar-refractivity contribution >= 4 is 37.6 Å². The van der Waals surface area contributed by atoms with E-state index in [-0.39, 0.29) is 15.3 Å². The number of nitrogens with one attached hydrogen (secondary N) is 2. The quantitative estimate of drug-likeness (QED) is 0.843. The highest BCUT2D eigenvalue weighted by Gasteiger charge is 2.29. The first-order valence-electron chi connectivity index (χ1n) is 6.48. The molecule has 4 nitrogen and oxygen atoms in total. The van der Waals surface area contributed by atoms with Crippen LogP contribution in [0.1, 0.15) is 19.8 Å². The molecular formula is C13H18BrClN2O2S. The van der Waals surface area contributed by atoms with E-state index < -0.39 is 10.0 Å². The molecule has 0 saturated carbocycles. The molecule has 1 aliphatic heterocycles. The average Bonchev–Trinajstić information content (AvgIpc) is 2.41. The zero-order chi connectivity index (χ0) is 14.8. The summed E-state index contributed by atoms with van der Waals surface area (Å²) in [4.78, 5) is 0.112. The lowest BCUT2D eigenvalue weighted by atomic mass is 9.83. The van der Waals surface area contributed by atoms with E-state index in [0.29, 0.717) is 11.0 Å². The Morgan fingerprint density at radius 1 is 1.50 bits per heavy atom. The minimum Gasteiger partial charge on any atom is -0.316 e. The Balaban J connectivity index is 2.13. The van der Waals surface area contributed by atoms with E-state index in [9.17, 15) is 8.42 Å². The van der Waals surface area contributed by atoms with Gasteiger partial charge in [0.25, 0.3) is 0 Å². The highest BCUT2D eigenvalue weighted by atomic mass is 79.9. The van der Waals surface area contributed by atoms with E-state index >= 15 is 0 Å². The molecule has 0 amide bonds. The second-order valence-corrected chi connectivity index (χ2v) is 8.44. The standard InChI is InChI=1S/C13H18BrClN2O2S/c1-13(6-3-7-16-8-13)9-17-20(18,19)11-5-2-4-10(14)12(11)15/h2,4-5,16-17H,3,6-9H2,1H3. The Labute approximate surface area is 133 Å². The first kappa shape index (κ1) is 16.2. The molecule has 112 valence electrons. The molecule has 20 heavy (non-hydrogen) atoms. The maximum atomic E-state index is 12.4. The van der Waals surface area contributed by atoms with Gasteiger partial charge in [-0.15, -0.1) is 0 Å². The Kier molecular flexibility index (Phi) is 5.13. The molecule has 0 bridgehead atoms. The minimum atomic E-state index is -3.59. The number of piperidine rings is 1. The molecule has 2 rings (SSSR count). The summed E-state index contributed by atoms with van der Waals surface area (Å²) in [5.41, 5.74) is -0.0518. The Morgan fingerprint density at radius 2 is 2.25 bits per heavy atom. The normalized spacial score (nSPS) is 23.8. The van der Waals surface area contributed by atoms with Crippen LogP contribution in [-0.2, 0) is 10.0 Å². The monoisotopic (exact) mass is 380 g/mol. The fourth-order valence-corrected chi connectivity index (χ4v) is 4.53. The molecule has 1 saturated heterocycles. The van der Waals surface area contributed by atoms with E-state index in [2.05, 4.69) is 32.9 Å². The lowest BCUT2D eigenvalue weighted by Gasteiger charge is -2.34. The molecule has 1 aliphatic rings. The van der Waals surface area contributed by atoms with E-state index in [1.54, 1.807) is 12.1 Å². The summed E-state index contributed by atoms with van der Waals surface area (Å²) in [7, 11) is -3.59. The molecule has 7 heteroatoms. The third-order valence-corrected chi connectivity index (χ3v) is 6.43. The summed E-state index contributed by atoms with van der Waals surface area (Å²) in [5.74, 6) is 0. The third kappa shape index (κ3) is 3.74. The molecule has 1 unspecified atom stereocenters. The molecule has 1 fully saturated rings. The molecule has 1 heterocycles. The molecule has 0 spiro atoms. The number of sulfonamides is 1. The Morgan fingerprint density at radius 3 is 2.90 bits per heavy atom. The van der Waals surface area contributed by atoms with E-state index in [4.69, 9.17) is 11.6 Å². The molecule has 0 aromatic heterocycles. The van der Waals surface area contributed by atoms with Crippen molar-refractivity contribution in [3.63, 3.8) is 0 Å². The summed E-state index contributed by atoms with van der Waals surface area (Å²) < 4.78 is 28.0. The van der Waals surface area contributed by atoms with Crippen molar-refractivity contribution in [2.75, 3.05) is 19.6 Å². The van der Waals surface area contributed by atoms with Crippen molar-refractivity contribution in [1.29, 1.82) is 0 Å².